The van der Waals surface area contributed by atoms with E-state index in [-0.39, 0.29) is 0 Å². The van der Waals surface area contributed by atoms with E-state index in [4.69, 9.17) is 9.97 Å². The SMILES string of the molecule is C(=C/c1c2c(nc3ccccc13)CCCC2)/CCCCCCNc1c2c(nc3ccccc13)CCCC2. The summed E-state index contributed by atoms with van der Waals surface area (Å²) in [6.07, 6.45) is 20.7. The Morgan fingerprint density at radius 1 is 0.649 bits per heavy atom. The van der Waals surface area contributed by atoms with Crippen LogP contribution in [0.2, 0.25) is 0 Å². The Labute approximate surface area is 221 Å². The average molecular weight is 490 g/mol. The van der Waals surface area contributed by atoms with Crippen molar-refractivity contribution in [3.05, 3.63) is 82.7 Å². The van der Waals surface area contributed by atoms with Crippen LogP contribution in [-0.4, -0.2) is 16.5 Å². The molecular formula is C34H39N3. The van der Waals surface area contributed by atoms with Crippen molar-refractivity contribution in [2.24, 2.45) is 0 Å². The van der Waals surface area contributed by atoms with Gasteiger partial charge in [-0.25, -0.2) is 0 Å². The zero-order chi connectivity index (χ0) is 24.9. The maximum atomic E-state index is 4.98. The first kappa shape index (κ1) is 24.2. The smallest absolute Gasteiger partial charge is 0.0726 e. The van der Waals surface area contributed by atoms with Gasteiger partial charge in [0, 0.05) is 34.4 Å². The molecule has 2 aromatic heterocycles. The molecule has 2 aliphatic rings. The van der Waals surface area contributed by atoms with Gasteiger partial charge in [0.2, 0.25) is 0 Å². The molecule has 6 rings (SSSR count). The van der Waals surface area contributed by atoms with Gasteiger partial charge in [0.05, 0.1) is 11.0 Å². The van der Waals surface area contributed by atoms with Crippen molar-refractivity contribution in [2.75, 3.05) is 11.9 Å². The number of para-hydroxylation sites is 2. The van der Waals surface area contributed by atoms with Crippen LogP contribution in [0.25, 0.3) is 27.9 Å². The number of fused-ring (bicyclic) bond motifs is 4. The van der Waals surface area contributed by atoms with Gasteiger partial charge in [-0.2, -0.15) is 0 Å². The minimum Gasteiger partial charge on any atom is -0.384 e. The van der Waals surface area contributed by atoms with Gasteiger partial charge in [0.15, 0.2) is 0 Å². The zero-order valence-electron chi connectivity index (χ0n) is 22.1. The summed E-state index contributed by atoms with van der Waals surface area (Å²) in [6, 6.07) is 17.3. The number of nitrogens with zero attached hydrogens (tertiary/aromatic N) is 2. The Morgan fingerprint density at radius 3 is 2.08 bits per heavy atom. The fourth-order valence-corrected chi connectivity index (χ4v) is 6.33. The van der Waals surface area contributed by atoms with E-state index < -0.39 is 0 Å². The van der Waals surface area contributed by atoms with Crippen molar-refractivity contribution in [2.45, 2.75) is 83.5 Å². The molecule has 1 N–H and O–H groups in total. The molecule has 3 heteroatoms. The third-order valence-corrected chi connectivity index (χ3v) is 8.27. The van der Waals surface area contributed by atoms with Gasteiger partial charge in [-0.15, -0.1) is 0 Å². The molecule has 0 saturated heterocycles. The first-order valence-corrected chi connectivity index (χ1v) is 14.6. The highest BCUT2D eigenvalue weighted by molar-refractivity contribution is 5.93. The predicted octanol–water partition coefficient (Wildman–Crippen LogP) is 8.62. The van der Waals surface area contributed by atoms with Crippen molar-refractivity contribution >= 4 is 33.6 Å². The van der Waals surface area contributed by atoms with Gasteiger partial charge in [0.1, 0.15) is 0 Å². The minimum absolute atomic E-state index is 1.05. The van der Waals surface area contributed by atoms with E-state index in [2.05, 4.69) is 66.0 Å². The number of allylic oxidation sites excluding steroid dienone is 1. The summed E-state index contributed by atoms with van der Waals surface area (Å²) in [5, 5.41) is 6.43. The lowest BCUT2D eigenvalue weighted by molar-refractivity contribution is 0.657. The van der Waals surface area contributed by atoms with Crippen LogP contribution < -0.4 is 5.32 Å². The highest BCUT2D eigenvalue weighted by Crippen LogP contribution is 2.33. The molecule has 4 aromatic rings. The van der Waals surface area contributed by atoms with Crippen LogP contribution in [0.1, 0.15) is 85.9 Å². The van der Waals surface area contributed by atoms with Gasteiger partial charge in [-0.3, -0.25) is 9.97 Å². The molecular weight excluding hydrogens is 450 g/mol. The summed E-state index contributed by atoms with van der Waals surface area (Å²) in [6.45, 7) is 1.05. The van der Waals surface area contributed by atoms with Crippen LogP contribution >= 0.6 is 0 Å². The van der Waals surface area contributed by atoms with E-state index in [0.717, 1.165) is 43.3 Å². The Morgan fingerprint density at radius 2 is 1.27 bits per heavy atom. The Kier molecular flexibility index (Phi) is 7.48. The van der Waals surface area contributed by atoms with Crippen molar-refractivity contribution in [3.63, 3.8) is 0 Å². The van der Waals surface area contributed by atoms with Crippen LogP contribution in [0, 0.1) is 0 Å². The predicted molar refractivity (Wildman–Crippen MR) is 157 cm³/mol. The molecule has 2 heterocycles. The number of unbranched alkanes of at least 4 members (excludes halogenated alkanes) is 4. The number of benzene rings is 2. The number of rotatable bonds is 9. The van der Waals surface area contributed by atoms with Crippen LogP contribution in [-0.2, 0) is 25.7 Å². The van der Waals surface area contributed by atoms with E-state index in [9.17, 15) is 0 Å². The van der Waals surface area contributed by atoms with Crippen LogP contribution in [0.5, 0.6) is 0 Å². The number of hydrogen-bond acceptors (Lipinski definition) is 3. The minimum atomic E-state index is 1.05. The monoisotopic (exact) mass is 489 g/mol. The molecule has 0 saturated carbocycles. The van der Waals surface area contributed by atoms with E-state index in [1.165, 1.54) is 102 Å². The summed E-state index contributed by atoms with van der Waals surface area (Å²) in [7, 11) is 0. The maximum Gasteiger partial charge on any atom is 0.0726 e. The van der Waals surface area contributed by atoms with Gasteiger partial charge in [0.25, 0.3) is 0 Å². The molecule has 0 fully saturated rings. The lowest BCUT2D eigenvalue weighted by Gasteiger charge is -2.21. The summed E-state index contributed by atoms with van der Waals surface area (Å²) in [5.74, 6) is 0. The summed E-state index contributed by atoms with van der Waals surface area (Å²) >= 11 is 0. The molecule has 0 spiro atoms. The molecule has 2 aromatic carbocycles. The molecule has 0 aliphatic heterocycles. The molecule has 37 heavy (non-hydrogen) atoms. The van der Waals surface area contributed by atoms with E-state index >= 15 is 0 Å². The first-order chi connectivity index (χ1) is 18.4. The van der Waals surface area contributed by atoms with E-state index in [0.29, 0.717) is 0 Å². The molecule has 3 nitrogen and oxygen atoms in total. The van der Waals surface area contributed by atoms with Gasteiger partial charge >= 0.3 is 0 Å². The number of anilines is 1. The van der Waals surface area contributed by atoms with Crippen LogP contribution in [0.15, 0.2) is 54.6 Å². The van der Waals surface area contributed by atoms with E-state index in [1.807, 2.05) is 0 Å². The van der Waals surface area contributed by atoms with Crippen molar-refractivity contribution in [1.82, 2.24) is 9.97 Å². The highest BCUT2D eigenvalue weighted by atomic mass is 14.9. The molecule has 190 valence electrons. The maximum absolute atomic E-state index is 4.98. The topological polar surface area (TPSA) is 37.8 Å². The molecule has 0 unspecified atom stereocenters. The van der Waals surface area contributed by atoms with Gasteiger partial charge in [-0.05, 0) is 99.5 Å². The zero-order valence-corrected chi connectivity index (χ0v) is 22.1. The second-order valence-electron chi connectivity index (χ2n) is 10.8. The third kappa shape index (κ3) is 5.28. The van der Waals surface area contributed by atoms with Crippen LogP contribution in [0.4, 0.5) is 5.69 Å². The average Bonchev–Trinajstić information content (AvgIpc) is 2.95. The molecule has 0 atom stereocenters. The Balaban J connectivity index is 1.01. The quantitative estimate of drug-likeness (QED) is 0.239. The highest BCUT2D eigenvalue weighted by Gasteiger charge is 2.18. The molecule has 2 aliphatic carbocycles. The van der Waals surface area contributed by atoms with Crippen molar-refractivity contribution < 1.29 is 0 Å². The fourth-order valence-electron chi connectivity index (χ4n) is 6.33. The lowest BCUT2D eigenvalue weighted by atomic mass is 9.89. The fraction of sp³-hybridized carbons (Fsp3) is 0.412. The number of pyridine rings is 2. The molecule has 0 radical (unpaired) electrons. The second-order valence-corrected chi connectivity index (χ2v) is 10.8. The summed E-state index contributed by atoms with van der Waals surface area (Å²) in [4.78, 5) is 9.96. The van der Waals surface area contributed by atoms with Crippen molar-refractivity contribution in [3.8, 4) is 0 Å². The molecule has 0 amide bonds. The normalized spacial score (nSPS) is 15.2. The van der Waals surface area contributed by atoms with Gasteiger partial charge in [-0.1, -0.05) is 61.4 Å². The first-order valence-electron chi connectivity index (χ1n) is 14.6. The Hall–Kier alpha value is -3.20. The van der Waals surface area contributed by atoms with Crippen LogP contribution in [0.3, 0.4) is 0 Å². The number of aryl methyl sites for hydroxylation is 2. The number of hydrogen-bond donors (Lipinski definition) is 1. The lowest BCUT2D eigenvalue weighted by Crippen LogP contribution is -2.12. The van der Waals surface area contributed by atoms with Gasteiger partial charge < -0.3 is 5.32 Å². The summed E-state index contributed by atoms with van der Waals surface area (Å²) < 4.78 is 0. The number of aromatic nitrogens is 2. The summed E-state index contributed by atoms with van der Waals surface area (Å²) in [5.41, 5.74) is 10.7. The van der Waals surface area contributed by atoms with E-state index in [1.54, 1.807) is 0 Å². The second kappa shape index (κ2) is 11.5. The Bertz CT molecular complexity index is 1420. The standard InChI is InChI=1S/C34H39N3/c1(3-5-15-25-26-16-6-10-20-30(26)36-31-21-11-7-17-27(25)31)2-4-14-24-35-34-28-18-8-12-22-32(28)37-33-23-13-9-19-29(33)34/h5-6,8,10,12,15-16,18,20,22H,1-4,7,9,11,13-14,17,19,21,23-24H2,(H,35,37)/b15-5-. The van der Waals surface area contributed by atoms with Crippen molar-refractivity contribution in [1.29, 1.82) is 0 Å². The third-order valence-electron chi connectivity index (χ3n) is 8.27. The molecule has 0 bridgehead atoms. The largest absolute Gasteiger partial charge is 0.384 e. The number of nitrogens with one attached hydrogen (secondary N) is 1.